The third kappa shape index (κ3) is 4.34. The minimum absolute atomic E-state index is 0.111. The van der Waals surface area contributed by atoms with E-state index in [9.17, 15) is 4.79 Å². The molecule has 3 N–H and O–H groups in total. The number of hydrogen-bond donors (Lipinski definition) is 2. The lowest BCUT2D eigenvalue weighted by Gasteiger charge is -2.39. The van der Waals surface area contributed by atoms with Gasteiger partial charge in [-0.1, -0.05) is 66.2 Å². The van der Waals surface area contributed by atoms with Crippen LogP contribution >= 0.6 is 11.6 Å². The number of aromatic nitrogens is 2. The lowest BCUT2D eigenvalue weighted by atomic mass is 9.84. The van der Waals surface area contributed by atoms with Crippen LogP contribution in [0.1, 0.15) is 29.7 Å². The Morgan fingerprint density at radius 3 is 2.46 bits per heavy atom. The molecule has 2 amide bonds. The Hall–Kier alpha value is -3.81. The predicted octanol–water partition coefficient (Wildman–Crippen LogP) is 5.51. The maximum Gasteiger partial charge on any atom is 0.317 e. The van der Waals surface area contributed by atoms with Crippen LogP contribution in [0.5, 0.6) is 0 Å². The lowest BCUT2D eigenvalue weighted by Crippen LogP contribution is -2.48. The van der Waals surface area contributed by atoms with E-state index in [4.69, 9.17) is 27.2 Å². The van der Waals surface area contributed by atoms with E-state index < -0.39 is 0 Å². The number of hydrogen-bond acceptors (Lipinski definition) is 4. The van der Waals surface area contributed by atoms with Crippen LogP contribution in [0.2, 0.25) is 5.02 Å². The maximum atomic E-state index is 13.2. The first-order chi connectivity index (χ1) is 18.0. The number of carbonyl (C=O) groups is 1. The average Bonchev–Trinajstić information content (AvgIpc) is 3.46. The summed E-state index contributed by atoms with van der Waals surface area (Å²) >= 11 is 6.07. The van der Waals surface area contributed by atoms with Crippen LogP contribution in [-0.2, 0) is 23.5 Å². The molecular weight excluding hydrogens is 486 g/mol. The van der Waals surface area contributed by atoms with Crippen molar-refractivity contribution in [3.8, 4) is 16.8 Å². The number of urea groups is 1. The van der Waals surface area contributed by atoms with Gasteiger partial charge in [0.05, 0.1) is 30.1 Å². The monoisotopic (exact) mass is 513 g/mol. The molecule has 1 aromatic heterocycles. The number of ether oxygens (including phenoxy) is 1. The van der Waals surface area contributed by atoms with Crippen LogP contribution in [0.3, 0.4) is 0 Å². The van der Waals surface area contributed by atoms with Gasteiger partial charge in [-0.25, -0.2) is 9.48 Å². The fourth-order valence-corrected chi connectivity index (χ4v) is 5.57. The molecule has 0 bridgehead atoms. The molecule has 7 nitrogen and oxygen atoms in total. The van der Waals surface area contributed by atoms with E-state index in [1.165, 1.54) is 11.1 Å². The highest BCUT2D eigenvalue weighted by molar-refractivity contribution is 6.30. The van der Waals surface area contributed by atoms with Gasteiger partial charge in [0, 0.05) is 23.7 Å². The van der Waals surface area contributed by atoms with Crippen LogP contribution in [0.15, 0.2) is 78.9 Å². The second kappa shape index (κ2) is 9.57. The first-order valence-corrected chi connectivity index (χ1v) is 12.9. The van der Waals surface area contributed by atoms with Crippen LogP contribution in [0.25, 0.3) is 16.8 Å². The summed E-state index contributed by atoms with van der Waals surface area (Å²) in [5.41, 5.74) is 12.1. The molecule has 0 radical (unpaired) electrons. The topological polar surface area (TPSA) is 85.4 Å². The summed E-state index contributed by atoms with van der Waals surface area (Å²) < 4.78 is 7.94. The van der Waals surface area contributed by atoms with E-state index in [2.05, 4.69) is 29.6 Å². The highest BCUT2D eigenvalue weighted by Crippen LogP contribution is 2.44. The standard InChI is InChI=1S/C29H28ClN5O2/c30-22-10-12-23(13-11-22)35-27(31)26(20-6-2-1-3-7-20)25(33-35)18-32-28(36)34-16-14-29(15-17-34)24-9-5-4-8-21(24)19-37-29/h1-13H,14-19,31H2,(H,32,36). The first kappa shape index (κ1) is 23.6. The number of piperidine rings is 1. The van der Waals surface area contributed by atoms with Crippen molar-refractivity contribution < 1.29 is 9.53 Å². The minimum atomic E-state index is -0.278. The number of carbonyl (C=O) groups excluding carboxylic acids is 1. The predicted molar refractivity (Wildman–Crippen MR) is 144 cm³/mol. The fourth-order valence-electron chi connectivity index (χ4n) is 5.44. The van der Waals surface area contributed by atoms with Crippen LogP contribution in [0, 0.1) is 0 Å². The summed E-state index contributed by atoms with van der Waals surface area (Å²) in [4.78, 5) is 15.0. The molecule has 8 heteroatoms. The zero-order valence-corrected chi connectivity index (χ0v) is 21.1. The van der Waals surface area contributed by atoms with Crippen molar-refractivity contribution in [1.82, 2.24) is 20.0 Å². The minimum Gasteiger partial charge on any atom is -0.383 e. The molecule has 2 aliphatic rings. The molecule has 0 saturated carbocycles. The molecule has 1 spiro atoms. The van der Waals surface area contributed by atoms with Gasteiger partial charge in [0.15, 0.2) is 0 Å². The Labute approximate surface area is 220 Å². The number of nitrogen functional groups attached to an aromatic ring is 1. The van der Waals surface area contributed by atoms with Crippen molar-refractivity contribution >= 4 is 23.4 Å². The molecule has 0 aliphatic carbocycles. The van der Waals surface area contributed by atoms with Crippen molar-refractivity contribution in [1.29, 1.82) is 0 Å². The van der Waals surface area contributed by atoms with Gasteiger partial charge in [0.25, 0.3) is 0 Å². The Balaban J connectivity index is 1.19. The van der Waals surface area contributed by atoms with Crippen molar-refractivity contribution in [3.05, 3.63) is 101 Å². The normalized spacial score (nSPS) is 16.1. The second-order valence-corrected chi connectivity index (χ2v) is 9.98. The summed E-state index contributed by atoms with van der Waals surface area (Å²) in [6.45, 7) is 2.16. The van der Waals surface area contributed by atoms with E-state index >= 15 is 0 Å². The zero-order valence-electron chi connectivity index (χ0n) is 20.4. The van der Waals surface area contributed by atoms with Gasteiger partial charge in [0.2, 0.25) is 0 Å². The molecular formula is C29H28ClN5O2. The second-order valence-electron chi connectivity index (χ2n) is 9.55. The van der Waals surface area contributed by atoms with Crippen molar-refractivity contribution in [2.75, 3.05) is 18.8 Å². The van der Waals surface area contributed by atoms with Crippen LogP contribution in [-0.4, -0.2) is 33.8 Å². The Morgan fingerprint density at radius 1 is 1.00 bits per heavy atom. The Morgan fingerprint density at radius 2 is 1.70 bits per heavy atom. The van der Waals surface area contributed by atoms with Gasteiger partial charge < -0.3 is 20.7 Å². The lowest BCUT2D eigenvalue weighted by molar-refractivity contribution is -0.0728. The fraction of sp³-hybridized carbons (Fsp3) is 0.241. The first-order valence-electron chi connectivity index (χ1n) is 12.5. The Bertz CT molecular complexity index is 1430. The third-order valence-electron chi connectivity index (χ3n) is 7.40. The van der Waals surface area contributed by atoms with Gasteiger partial charge in [0.1, 0.15) is 5.82 Å². The van der Waals surface area contributed by atoms with E-state index in [-0.39, 0.29) is 18.2 Å². The molecule has 1 saturated heterocycles. The molecule has 4 aromatic rings. The molecule has 37 heavy (non-hydrogen) atoms. The molecule has 0 atom stereocenters. The van der Waals surface area contributed by atoms with Gasteiger partial charge in [-0.3, -0.25) is 0 Å². The smallest absolute Gasteiger partial charge is 0.317 e. The van der Waals surface area contributed by atoms with Crippen LogP contribution < -0.4 is 11.1 Å². The number of nitrogens with two attached hydrogens (primary N) is 1. The summed E-state index contributed by atoms with van der Waals surface area (Å²) in [7, 11) is 0. The number of amides is 2. The average molecular weight is 514 g/mol. The Kier molecular flexibility index (Phi) is 6.10. The highest BCUT2D eigenvalue weighted by Gasteiger charge is 2.43. The quantitative estimate of drug-likeness (QED) is 0.377. The molecule has 6 rings (SSSR count). The zero-order chi connectivity index (χ0) is 25.4. The number of fused-ring (bicyclic) bond motifs is 2. The summed E-state index contributed by atoms with van der Waals surface area (Å²) in [6, 6.07) is 25.5. The van der Waals surface area contributed by atoms with Crippen molar-refractivity contribution in [3.63, 3.8) is 0 Å². The summed E-state index contributed by atoms with van der Waals surface area (Å²) in [5, 5.41) is 8.49. The molecule has 3 heterocycles. The van der Waals surface area contributed by atoms with Crippen molar-refractivity contribution in [2.24, 2.45) is 0 Å². The van der Waals surface area contributed by atoms with Crippen LogP contribution in [0.4, 0.5) is 10.6 Å². The third-order valence-corrected chi connectivity index (χ3v) is 7.66. The molecule has 188 valence electrons. The maximum absolute atomic E-state index is 13.2. The van der Waals surface area contributed by atoms with Gasteiger partial charge >= 0.3 is 6.03 Å². The number of nitrogens with zero attached hydrogens (tertiary/aromatic N) is 3. The molecule has 0 unspecified atom stereocenters. The van der Waals surface area contributed by atoms with E-state index in [0.29, 0.717) is 36.2 Å². The SMILES string of the molecule is Nc1c(-c2ccccc2)c(CNC(=O)N2CCC3(CC2)OCc2ccccc23)nn1-c1ccc(Cl)cc1. The van der Waals surface area contributed by atoms with Gasteiger partial charge in [-0.15, -0.1) is 0 Å². The summed E-state index contributed by atoms with van der Waals surface area (Å²) in [6.07, 6.45) is 1.57. The van der Waals surface area contributed by atoms with E-state index in [1.54, 1.807) is 16.8 Å². The summed E-state index contributed by atoms with van der Waals surface area (Å²) in [5.74, 6) is 0.509. The largest absolute Gasteiger partial charge is 0.383 e. The van der Waals surface area contributed by atoms with Crippen molar-refractivity contribution in [2.45, 2.75) is 31.6 Å². The highest BCUT2D eigenvalue weighted by atomic mass is 35.5. The van der Waals surface area contributed by atoms with E-state index in [0.717, 1.165) is 29.7 Å². The number of anilines is 1. The van der Waals surface area contributed by atoms with E-state index in [1.807, 2.05) is 47.4 Å². The number of halogens is 1. The van der Waals surface area contributed by atoms with Gasteiger partial charge in [-0.2, -0.15) is 5.10 Å². The molecule has 1 fully saturated rings. The molecule has 2 aliphatic heterocycles. The number of nitrogens with one attached hydrogen (secondary N) is 1. The van der Waals surface area contributed by atoms with Gasteiger partial charge in [-0.05, 0) is 53.8 Å². The molecule has 3 aromatic carbocycles. The number of likely N-dealkylation sites (tertiary alicyclic amines) is 1. The number of benzene rings is 3. The number of rotatable bonds is 4.